The summed E-state index contributed by atoms with van der Waals surface area (Å²) in [4.78, 5) is 25.7. The van der Waals surface area contributed by atoms with Crippen molar-refractivity contribution in [3.8, 4) is 0 Å². The minimum atomic E-state index is -4.39. The summed E-state index contributed by atoms with van der Waals surface area (Å²) >= 11 is 6.15. The van der Waals surface area contributed by atoms with Gasteiger partial charge in [-0.05, 0) is 54.8 Å². The number of rotatable bonds is 6. The van der Waals surface area contributed by atoms with Crippen LogP contribution < -0.4 is 14.9 Å². The van der Waals surface area contributed by atoms with Gasteiger partial charge in [0.1, 0.15) is 17.5 Å². The van der Waals surface area contributed by atoms with Crippen LogP contribution in [0.2, 0.25) is 5.02 Å². The van der Waals surface area contributed by atoms with Gasteiger partial charge in [0.2, 0.25) is 11.8 Å². The molecule has 7 nitrogen and oxygen atoms in total. The number of carbonyl (C=O) groups is 2. The number of amides is 2. The van der Waals surface area contributed by atoms with Crippen molar-refractivity contribution in [2.45, 2.75) is 37.8 Å². The fraction of sp³-hybridized carbons (Fsp3) is 0.200. The van der Waals surface area contributed by atoms with E-state index in [-0.39, 0.29) is 22.8 Å². The number of benzene rings is 3. The number of halogens is 2. The number of fused-ring (bicyclic) bond motifs is 1. The summed E-state index contributed by atoms with van der Waals surface area (Å²) in [5.41, 5.74) is 1.41. The summed E-state index contributed by atoms with van der Waals surface area (Å²) in [7, 11) is -4.39. The van der Waals surface area contributed by atoms with Crippen molar-refractivity contribution < 1.29 is 22.4 Å². The van der Waals surface area contributed by atoms with Gasteiger partial charge in [-0.3, -0.25) is 13.9 Å². The zero-order valence-corrected chi connectivity index (χ0v) is 20.6. The van der Waals surface area contributed by atoms with Crippen LogP contribution in [0.25, 0.3) is 0 Å². The highest BCUT2D eigenvalue weighted by Crippen LogP contribution is 2.40. The Bertz CT molecular complexity index is 1410. The molecule has 1 aliphatic rings. The van der Waals surface area contributed by atoms with Crippen molar-refractivity contribution in [1.29, 1.82) is 0 Å². The van der Waals surface area contributed by atoms with Crippen molar-refractivity contribution in [3.05, 3.63) is 88.2 Å². The number of sulfonamides is 1. The van der Waals surface area contributed by atoms with Gasteiger partial charge < -0.3 is 10.6 Å². The molecular formula is C25H23ClFN3O4S. The van der Waals surface area contributed by atoms with Gasteiger partial charge in [0.15, 0.2) is 0 Å². The monoisotopic (exact) mass is 515 g/mol. The predicted octanol–water partition coefficient (Wildman–Crippen LogP) is 4.32. The van der Waals surface area contributed by atoms with Gasteiger partial charge in [-0.25, -0.2) is 12.8 Å². The van der Waals surface area contributed by atoms with E-state index in [0.717, 1.165) is 15.9 Å². The topological polar surface area (TPSA) is 95.6 Å². The van der Waals surface area contributed by atoms with Crippen LogP contribution in [0.15, 0.2) is 65.6 Å². The first-order valence-corrected chi connectivity index (χ1v) is 12.6. The second-order valence-electron chi connectivity index (χ2n) is 8.27. The van der Waals surface area contributed by atoms with Crippen LogP contribution >= 0.6 is 11.6 Å². The van der Waals surface area contributed by atoms with Crippen LogP contribution in [0.5, 0.6) is 0 Å². The third kappa shape index (κ3) is 4.87. The molecule has 1 unspecified atom stereocenters. The summed E-state index contributed by atoms with van der Waals surface area (Å²) in [6.07, 6.45) is -0.459. The minimum absolute atomic E-state index is 0.0579. The molecule has 0 spiro atoms. The first-order chi connectivity index (χ1) is 16.6. The average molecular weight is 516 g/mol. The smallest absolute Gasteiger partial charge is 0.265 e. The van der Waals surface area contributed by atoms with E-state index in [1.54, 1.807) is 13.8 Å². The van der Waals surface area contributed by atoms with Crippen LogP contribution in [0.1, 0.15) is 23.1 Å². The third-order valence-corrected chi connectivity index (χ3v) is 8.14. The van der Waals surface area contributed by atoms with E-state index in [4.69, 9.17) is 11.6 Å². The SMILES string of the molecule is Cc1cc(S(=O)(=O)N2c3cccc(F)c3NC(=O)C2CC(=O)NCc2ccccc2)c(C)cc1Cl. The molecule has 0 fully saturated rings. The van der Waals surface area contributed by atoms with E-state index in [2.05, 4.69) is 10.6 Å². The number of para-hydroxylation sites is 1. The van der Waals surface area contributed by atoms with Gasteiger partial charge in [-0.2, -0.15) is 0 Å². The maximum atomic E-state index is 14.6. The Morgan fingerprint density at radius 3 is 2.51 bits per heavy atom. The first-order valence-electron chi connectivity index (χ1n) is 10.8. The van der Waals surface area contributed by atoms with Gasteiger partial charge in [-0.15, -0.1) is 0 Å². The molecule has 3 aromatic carbocycles. The summed E-state index contributed by atoms with van der Waals surface area (Å²) in [6.45, 7) is 3.45. The van der Waals surface area contributed by atoms with Crippen molar-refractivity contribution in [1.82, 2.24) is 5.32 Å². The molecule has 0 saturated heterocycles. The van der Waals surface area contributed by atoms with E-state index in [9.17, 15) is 22.4 Å². The lowest BCUT2D eigenvalue weighted by atomic mass is 10.1. The minimum Gasteiger partial charge on any atom is -0.352 e. The van der Waals surface area contributed by atoms with Crippen LogP contribution in [-0.4, -0.2) is 26.3 Å². The van der Waals surface area contributed by atoms with E-state index in [1.165, 1.54) is 24.3 Å². The number of anilines is 2. The van der Waals surface area contributed by atoms with Gasteiger partial charge in [-0.1, -0.05) is 48.0 Å². The molecule has 35 heavy (non-hydrogen) atoms. The Kier molecular flexibility index (Phi) is 6.82. The Morgan fingerprint density at radius 2 is 1.80 bits per heavy atom. The summed E-state index contributed by atoms with van der Waals surface area (Å²) in [5, 5.41) is 5.52. The molecule has 10 heteroatoms. The molecule has 1 aliphatic heterocycles. The predicted molar refractivity (Wildman–Crippen MR) is 132 cm³/mol. The number of nitrogens with one attached hydrogen (secondary N) is 2. The highest BCUT2D eigenvalue weighted by atomic mass is 35.5. The summed E-state index contributed by atoms with van der Waals surface area (Å²) < 4.78 is 43.2. The van der Waals surface area contributed by atoms with Crippen LogP contribution in [-0.2, 0) is 26.2 Å². The molecule has 4 rings (SSSR count). The standard InChI is InChI=1S/C25H23ClFN3O4S/c1-15-12-22(16(2)11-18(15)26)35(33,34)30-20-10-6-9-19(27)24(20)29-25(32)21(30)13-23(31)28-14-17-7-4-3-5-8-17/h3-12,21H,13-14H2,1-2H3,(H,28,31)(H,29,32). The molecule has 0 aliphatic carbocycles. The zero-order chi connectivity index (χ0) is 25.3. The molecule has 2 amide bonds. The maximum Gasteiger partial charge on any atom is 0.265 e. The number of carbonyl (C=O) groups excluding carboxylic acids is 2. The lowest BCUT2D eigenvalue weighted by Gasteiger charge is -2.37. The normalized spacial score (nSPS) is 15.4. The molecule has 3 aromatic rings. The fourth-order valence-electron chi connectivity index (χ4n) is 3.96. The largest absolute Gasteiger partial charge is 0.352 e. The molecule has 0 bridgehead atoms. The number of aryl methyl sites for hydroxylation is 2. The van der Waals surface area contributed by atoms with E-state index < -0.39 is 40.1 Å². The van der Waals surface area contributed by atoms with Crippen LogP contribution in [0.3, 0.4) is 0 Å². The molecule has 1 heterocycles. The Morgan fingerprint density at radius 1 is 1.09 bits per heavy atom. The molecule has 2 N–H and O–H groups in total. The van der Waals surface area contributed by atoms with E-state index in [0.29, 0.717) is 16.1 Å². The number of hydrogen-bond acceptors (Lipinski definition) is 4. The first kappa shape index (κ1) is 24.7. The lowest BCUT2D eigenvalue weighted by molar-refractivity contribution is -0.125. The molecule has 0 aromatic heterocycles. The highest BCUT2D eigenvalue weighted by Gasteiger charge is 2.43. The summed E-state index contributed by atoms with van der Waals surface area (Å²) in [6, 6.07) is 14.5. The maximum absolute atomic E-state index is 14.6. The van der Waals surface area contributed by atoms with Gasteiger partial charge >= 0.3 is 0 Å². The molecule has 0 saturated carbocycles. The fourth-order valence-corrected chi connectivity index (χ4v) is 6.09. The van der Waals surface area contributed by atoms with E-state index >= 15 is 0 Å². The average Bonchev–Trinajstić information content (AvgIpc) is 2.81. The van der Waals surface area contributed by atoms with Crippen LogP contribution in [0.4, 0.5) is 15.8 Å². The Hall–Kier alpha value is -3.43. The number of nitrogens with zero attached hydrogens (tertiary/aromatic N) is 1. The quantitative estimate of drug-likeness (QED) is 0.511. The molecule has 182 valence electrons. The van der Waals surface area contributed by atoms with Gasteiger partial charge in [0.25, 0.3) is 10.0 Å². The molecular weight excluding hydrogens is 493 g/mol. The lowest BCUT2D eigenvalue weighted by Crippen LogP contribution is -2.53. The third-order valence-electron chi connectivity index (χ3n) is 5.77. The second-order valence-corrected chi connectivity index (χ2v) is 10.5. The van der Waals surface area contributed by atoms with Crippen molar-refractivity contribution in [2.24, 2.45) is 0 Å². The van der Waals surface area contributed by atoms with Crippen molar-refractivity contribution in [2.75, 3.05) is 9.62 Å². The van der Waals surface area contributed by atoms with Gasteiger partial charge in [0, 0.05) is 11.6 Å². The van der Waals surface area contributed by atoms with Gasteiger partial charge in [0.05, 0.1) is 17.0 Å². The molecule has 1 atom stereocenters. The Balaban J connectivity index is 1.74. The molecule has 0 radical (unpaired) electrons. The zero-order valence-electron chi connectivity index (χ0n) is 19.0. The number of hydrogen-bond donors (Lipinski definition) is 2. The second kappa shape index (κ2) is 9.67. The van der Waals surface area contributed by atoms with Crippen LogP contribution in [0, 0.1) is 19.7 Å². The Labute approximate surface area is 208 Å². The highest BCUT2D eigenvalue weighted by molar-refractivity contribution is 7.93. The summed E-state index contributed by atoms with van der Waals surface area (Å²) in [5.74, 6) is -2.12. The van der Waals surface area contributed by atoms with Crippen molar-refractivity contribution >= 4 is 44.8 Å². The van der Waals surface area contributed by atoms with E-state index in [1.807, 2.05) is 30.3 Å². The van der Waals surface area contributed by atoms with Crippen molar-refractivity contribution in [3.63, 3.8) is 0 Å².